The van der Waals surface area contributed by atoms with Gasteiger partial charge in [-0.3, -0.25) is 0 Å². The molecule has 1 N–H and O–H groups in total. The monoisotopic (exact) mass is 572 g/mol. The number of carbonyl (C=O) groups excluding carboxylic acids is 1. The van der Waals surface area contributed by atoms with Crippen molar-refractivity contribution in [1.82, 2.24) is 15.5 Å². The highest BCUT2D eigenvalue weighted by Gasteiger charge is 2.36. The number of hydrogen-bond acceptors (Lipinski definition) is 6. The number of carbonyl (C=O) groups is 1. The van der Waals surface area contributed by atoms with Crippen LogP contribution < -0.4 is 5.32 Å². The number of alkyl halides is 1. The SMILES string of the molecule is CC(C)(C)OC(=O)N[C@](C)(Cc1ccccc1)c1nnc(-c2cc(CBr)cc(-c3ccccc3C#N)c2)o1. The zero-order valence-corrected chi connectivity index (χ0v) is 23.4. The first-order valence-corrected chi connectivity index (χ1v) is 13.3. The first-order chi connectivity index (χ1) is 18.1. The predicted molar refractivity (Wildman–Crippen MR) is 149 cm³/mol. The Balaban J connectivity index is 1.74. The van der Waals surface area contributed by atoms with Crippen molar-refractivity contribution in [3.63, 3.8) is 0 Å². The number of rotatable bonds is 7. The minimum atomic E-state index is -1.03. The summed E-state index contributed by atoms with van der Waals surface area (Å²) >= 11 is 3.54. The van der Waals surface area contributed by atoms with E-state index in [-0.39, 0.29) is 5.89 Å². The standard InChI is InChI=1S/C30H29BrN4O3/c1-29(2,3)38-28(36)33-30(4,17-20-10-6-5-7-11-20)27-35-34-26(37-27)24-15-21(18-31)14-23(16-24)25-13-9-8-12-22(25)19-32/h5-16H,17-18H2,1-4H3,(H,33,36)/t30-/m1/s1. The molecule has 4 aromatic rings. The summed E-state index contributed by atoms with van der Waals surface area (Å²) in [5.41, 5.74) is 3.26. The second-order valence-corrected chi connectivity index (χ2v) is 10.8. The summed E-state index contributed by atoms with van der Waals surface area (Å²) in [6.45, 7) is 7.27. The molecule has 0 unspecified atom stereocenters. The van der Waals surface area contributed by atoms with Crippen molar-refractivity contribution in [2.75, 3.05) is 0 Å². The number of nitriles is 1. The molecule has 0 saturated heterocycles. The van der Waals surface area contributed by atoms with Gasteiger partial charge in [0.15, 0.2) is 0 Å². The Labute approximate surface area is 231 Å². The van der Waals surface area contributed by atoms with Crippen molar-refractivity contribution in [2.24, 2.45) is 0 Å². The maximum atomic E-state index is 12.8. The number of benzene rings is 3. The average molecular weight is 573 g/mol. The highest BCUT2D eigenvalue weighted by Crippen LogP contribution is 2.33. The van der Waals surface area contributed by atoms with Crippen LogP contribution >= 0.6 is 15.9 Å². The fourth-order valence-electron chi connectivity index (χ4n) is 4.15. The molecule has 194 valence electrons. The Bertz CT molecular complexity index is 1470. The minimum Gasteiger partial charge on any atom is -0.444 e. The lowest BCUT2D eigenvalue weighted by Gasteiger charge is -2.29. The molecule has 0 aliphatic heterocycles. The molecule has 0 spiro atoms. The maximum Gasteiger partial charge on any atom is 0.408 e. The lowest BCUT2D eigenvalue weighted by atomic mass is 9.92. The Morgan fingerprint density at radius 2 is 1.66 bits per heavy atom. The zero-order valence-electron chi connectivity index (χ0n) is 21.8. The molecule has 1 amide bonds. The fourth-order valence-corrected chi connectivity index (χ4v) is 4.47. The smallest absolute Gasteiger partial charge is 0.408 e. The summed E-state index contributed by atoms with van der Waals surface area (Å²) in [5.74, 6) is 0.564. The van der Waals surface area contributed by atoms with Crippen LogP contribution in [0.15, 0.2) is 77.2 Å². The average Bonchev–Trinajstić information content (AvgIpc) is 3.39. The number of hydrogen-bond donors (Lipinski definition) is 1. The number of aromatic nitrogens is 2. The predicted octanol–water partition coefficient (Wildman–Crippen LogP) is 7.15. The molecule has 0 fully saturated rings. The lowest BCUT2D eigenvalue weighted by Crippen LogP contribution is -2.47. The first-order valence-electron chi connectivity index (χ1n) is 12.2. The molecule has 0 aliphatic rings. The van der Waals surface area contributed by atoms with Crippen LogP contribution in [0.3, 0.4) is 0 Å². The van der Waals surface area contributed by atoms with Crippen molar-refractivity contribution in [3.8, 4) is 28.7 Å². The van der Waals surface area contributed by atoms with E-state index in [4.69, 9.17) is 9.15 Å². The quantitative estimate of drug-likeness (QED) is 0.236. The molecule has 3 aromatic carbocycles. The van der Waals surface area contributed by atoms with Gasteiger partial charge < -0.3 is 14.5 Å². The van der Waals surface area contributed by atoms with E-state index in [0.29, 0.717) is 28.8 Å². The molecule has 8 heteroatoms. The topological polar surface area (TPSA) is 101 Å². The molecule has 0 aliphatic carbocycles. The molecule has 7 nitrogen and oxygen atoms in total. The summed E-state index contributed by atoms with van der Waals surface area (Å²) in [6, 6.07) is 25.4. The lowest BCUT2D eigenvalue weighted by molar-refractivity contribution is 0.0443. The molecule has 0 saturated carbocycles. The van der Waals surface area contributed by atoms with Crippen LogP contribution in [0, 0.1) is 11.3 Å². The third-order valence-corrected chi connectivity index (χ3v) is 6.47. The molecular weight excluding hydrogens is 544 g/mol. The van der Waals surface area contributed by atoms with Gasteiger partial charge in [0.05, 0.1) is 11.6 Å². The maximum absolute atomic E-state index is 12.8. The summed E-state index contributed by atoms with van der Waals surface area (Å²) in [7, 11) is 0. The van der Waals surface area contributed by atoms with Crippen LogP contribution in [0.5, 0.6) is 0 Å². The Morgan fingerprint density at radius 1 is 0.974 bits per heavy atom. The van der Waals surface area contributed by atoms with E-state index in [1.807, 2.05) is 94.4 Å². The molecular formula is C30H29BrN4O3. The number of alkyl carbamates (subject to hydrolysis) is 1. The van der Waals surface area contributed by atoms with Crippen LogP contribution in [-0.2, 0) is 22.0 Å². The Morgan fingerprint density at radius 3 is 2.34 bits per heavy atom. The van der Waals surface area contributed by atoms with E-state index in [2.05, 4.69) is 37.5 Å². The van der Waals surface area contributed by atoms with Gasteiger partial charge in [-0.2, -0.15) is 5.26 Å². The summed E-state index contributed by atoms with van der Waals surface area (Å²) in [6.07, 6.45) is -0.163. The third-order valence-electron chi connectivity index (χ3n) is 5.83. The molecule has 1 atom stereocenters. The van der Waals surface area contributed by atoms with Crippen molar-refractivity contribution >= 4 is 22.0 Å². The minimum absolute atomic E-state index is 0.255. The molecule has 38 heavy (non-hydrogen) atoms. The van der Waals surface area contributed by atoms with Gasteiger partial charge in [0.2, 0.25) is 11.8 Å². The van der Waals surface area contributed by atoms with Gasteiger partial charge in [0.1, 0.15) is 11.1 Å². The van der Waals surface area contributed by atoms with Crippen LogP contribution in [0.4, 0.5) is 4.79 Å². The number of ether oxygens (including phenoxy) is 1. The highest BCUT2D eigenvalue weighted by molar-refractivity contribution is 9.08. The van der Waals surface area contributed by atoms with Crippen LogP contribution in [0.2, 0.25) is 0 Å². The van der Waals surface area contributed by atoms with E-state index in [0.717, 1.165) is 22.3 Å². The number of amides is 1. The van der Waals surface area contributed by atoms with Crippen molar-refractivity contribution < 1.29 is 13.9 Å². The van der Waals surface area contributed by atoms with Crippen LogP contribution in [0.25, 0.3) is 22.6 Å². The van der Waals surface area contributed by atoms with Gasteiger partial charge >= 0.3 is 6.09 Å². The van der Waals surface area contributed by atoms with Gasteiger partial charge in [-0.1, -0.05) is 70.5 Å². The van der Waals surface area contributed by atoms with Crippen LogP contribution in [-0.4, -0.2) is 21.9 Å². The highest BCUT2D eigenvalue weighted by atomic mass is 79.9. The summed E-state index contributed by atoms with van der Waals surface area (Å²) in [5, 5.41) is 21.9. The normalized spacial score (nSPS) is 12.8. The molecule has 4 rings (SSSR count). The van der Waals surface area contributed by atoms with E-state index in [9.17, 15) is 10.1 Å². The molecule has 0 radical (unpaired) electrons. The number of halogens is 1. The van der Waals surface area contributed by atoms with Gasteiger partial charge in [-0.05, 0) is 68.1 Å². The van der Waals surface area contributed by atoms with E-state index >= 15 is 0 Å². The van der Waals surface area contributed by atoms with Crippen molar-refractivity contribution in [2.45, 2.75) is 50.6 Å². The number of nitrogens with zero attached hydrogens (tertiary/aromatic N) is 3. The molecule has 1 aromatic heterocycles. The third kappa shape index (κ3) is 6.48. The Kier molecular flexibility index (Phi) is 7.98. The molecule has 1 heterocycles. The van der Waals surface area contributed by atoms with Crippen LogP contribution in [0.1, 0.15) is 50.3 Å². The largest absolute Gasteiger partial charge is 0.444 e. The zero-order chi connectivity index (χ0) is 27.3. The van der Waals surface area contributed by atoms with Gasteiger partial charge in [-0.25, -0.2) is 4.79 Å². The number of nitrogens with one attached hydrogen (secondary N) is 1. The Hall–Kier alpha value is -3.96. The van der Waals surface area contributed by atoms with E-state index in [1.165, 1.54) is 0 Å². The first kappa shape index (κ1) is 27.1. The fraction of sp³-hybridized carbons (Fsp3) is 0.267. The second-order valence-electron chi connectivity index (χ2n) is 10.2. The van der Waals surface area contributed by atoms with Gasteiger partial charge in [0.25, 0.3) is 0 Å². The summed E-state index contributed by atoms with van der Waals surface area (Å²) < 4.78 is 11.7. The van der Waals surface area contributed by atoms with Crippen molar-refractivity contribution in [1.29, 1.82) is 5.26 Å². The summed E-state index contributed by atoms with van der Waals surface area (Å²) in [4.78, 5) is 12.8. The van der Waals surface area contributed by atoms with E-state index in [1.54, 1.807) is 6.07 Å². The van der Waals surface area contributed by atoms with Gasteiger partial charge in [-0.15, -0.1) is 10.2 Å². The van der Waals surface area contributed by atoms with Crippen molar-refractivity contribution in [3.05, 3.63) is 95.4 Å². The van der Waals surface area contributed by atoms with E-state index < -0.39 is 17.2 Å². The van der Waals surface area contributed by atoms with Gasteiger partial charge in [0, 0.05) is 17.3 Å². The second kappa shape index (κ2) is 11.2. The molecule has 0 bridgehead atoms.